The summed E-state index contributed by atoms with van der Waals surface area (Å²) in [6.45, 7) is 10.5. The third kappa shape index (κ3) is 3.65. The topological polar surface area (TPSA) is 44.4 Å². The molecule has 0 spiro atoms. The van der Waals surface area contributed by atoms with Crippen molar-refractivity contribution in [1.29, 1.82) is 0 Å². The Morgan fingerprint density at radius 2 is 1.95 bits per heavy atom. The van der Waals surface area contributed by atoms with Crippen molar-refractivity contribution < 1.29 is 4.79 Å². The van der Waals surface area contributed by atoms with Crippen LogP contribution in [0.4, 0.5) is 5.69 Å². The summed E-state index contributed by atoms with van der Waals surface area (Å²) in [4.78, 5) is 14.5. The Kier molecular flexibility index (Phi) is 5.41. The number of nitrogens with zero attached hydrogens (tertiary/aromatic N) is 1. The third-order valence-electron chi connectivity index (χ3n) is 3.91. The van der Waals surface area contributed by atoms with Crippen LogP contribution in [-0.4, -0.2) is 36.0 Å². The van der Waals surface area contributed by atoms with E-state index in [2.05, 4.69) is 59.2 Å². The summed E-state index contributed by atoms with van der Waals surface area (Å²) in [6, 6.07) is 6.59. The van der Waals surface area contributed by atoms with Gasteiger partial charge in [-0.05, 0) is 39.8 Å². The summed E-state index contributed by atoms with van der Waals surface area (Å²) in [5.74, 6) is 0.0255. The zero-order valence-corrected chi connectivity index (χ0v) is 14.7. The summed E-state index contributed by atoms with van der Waals surface area (Å²) in [5.41, 5.74) is 1.92. The molecule has 1 amide bonds. The van der Waals surface area contributed by atoms with E-state index in [0.29, 0.717) is 12.1 Å². The predicted molar refractivity (Wildman–Crippen MR) is 90.5 cm³/mol. The Labute approximate surface area is 135 Å². The molecule has 5 heteroatoms. The van der Waals surface area contributed by atoms with E-state index in [1.165, 1.54) is 0 Å². The number of fused-ring (bicyclic) bond motifs is 1. The smallest absolute Gasteiger partial charge is 0.246 e. The number of nitrogens with one attached hydrogen (secondary N) is 2. The number of hydrogen-bond donors (Lipinski definition) is 2. The van der Waals surface area contributed by atoms with Crippen molar-refractivity contribution in [2.45, 2.75) is 45.8 Å². The van der Waals surface area contributed by atoms with Crippen LogP contribution in [0.25, 0.3) is 0 Å². The van der Waals surface area contributed by atoms with Crippen LogP contribution in [0, 0.1) is 0 Å². The van der Waals surface area contributed by atoms with Crippen LogP contribution in [0.2, 0.25) is 0 Å². The van der Waals surface area contributed by atoms with Gasteiger partial charge in [0.15, 0.2) is 0 Å². The second-order valence-corrected chi connectivity index (χ2v) is 6.86. The van der Waals surface area contributed by atoms with Crippen LogP contribution in [0.15, 0.2) is 22.7 Å². The first kappa shape index (κ1) is 16.5. The molecule has 21 heavy (non-hydrogen) atoms. The van der Waals surface area contributed by atoms with Crippen molar-refractivity contribution in [2.24, 2.45) is 0 Å². The molecule has 1 aromatic rings. The number of rotatable bonds is 6. The van der Waals surface area contributed by atoms with Crippen molar-refractivity contribution in [3.63, 3.8) is 0 Å². The van der Waals surface area contributed by atoms with E-state index >= 15 is 0 Å². The zero-order chi connectivity index (χ0) is 15.6. The van der Waals surface area contributed by atoms with Crippen LogP contribution in [0.3, 0.4) is 0 Å². The molecule has 2 N–H and O–H groups in total. The Hall–Kier alpha value is -0.910. The van der Waals surface area contributed by atoms with Crippen molar-refractivity contribution in [2.75, 3.05) is 18.4 Å². The maximum Gasteiger partial charge on any atom is 0.246 e. The molecule has 1 unspecified atom stereocenters. The van der Waals surface area contributed by atoms with Gasteiger partial charge in [-0.1, -0.05) is 22.0 Å². The molecule has 1 aliphatic heterocycles. The van der Waals surface area contributed by atoms with Crippen molar-refractivity contribution in [3.8, 4) is 0 Å². The average Bonchev–Trinajstić information content (AvgIpc) is 2.71. The van der Waals surface area contributed by atoms with Gasteiger partial charge in [-0.15, -0.1) is 0 Å². The highest BCUT2D eigenvalue weighted by Gasteiger charge is 2.31. The SMILES string of the molecule is CC(C)N(CCNC1C(=O)Nc2cccc(Br)c21)C(C)C. The molecule has 0 fully saturated rings. The molecular formula is C16H24BrN3O. The first-order valence-electron chi connectivity index (χ1n) is 7.50. The highest BCUT2D eigenvalue weighted by Crippen LogP contribution is 2.36. The van der Waals surface area contributed by atoms with Gasteiger partial charge in [0.1, 0.15) is 6.04 Å². The quantitative estimate of drug-likeness (QED) is 0.825. The summed E-state index contributed by atoms with van der Waals surface area (Å²) < 4.78 is 0.973. The standard InChI is InChI=1S/C16H24BrN3O/c1-10(2)20(11(3)4)9-8-18-15-14-12(17)6-5-7-13(14)19-16(15)21/h5-7,10-11,15,18H,8-9H2,1-4H3,(H,19,21). The summed E-state index contributed by atoms with van der Waals surface area (Å²) in [7, 11) is 0. The van der Waals surface area contributed by atoms with Gasteiger partial charge in [0.05, 0.1) is 0 Å². The van der Waals surface area contributed by atoms with E-state index in [1.54, 1.807) is 0 Å². The second kappa shape index (κ2) is 6.90. The molecule has 1 atom stereocenters. The fraction of sp³-hybridized carbons (Fsp3) is 0.562. The van der Waals surface area contributed by atoms with Crippen molar-refractivity contribution in [3.05, 3.63) is 28.2 Å². The molecule has 0 radical (unpaired) electrons. The number of carbonyl (C=O) groups excluding carboxylic acids is 1. The molecule has 0 bridgehead atoms. The number of benzene rings is 1. The Morgan fingerprint density at radius 3 is 2.57 bits per heavy atom. The number of amides is 1. The van der Waals surface area contributed by atoms with Crippen LogP contribution >= 0.6 is 15.9 Å². The van der Waals surface area contributed by atoms with E-state index < -0.39 is 0 Å². The second-order valence-electron chi connectivity index (χ2n) is 6.00. The predicted octanol–water partition coefficient (Wildman–Crippen LogP) is 3.15. The fourth-order valence-electron chi connectivity index (χ4n) is 2.92. The van der Waals surface area contributed by atoms with Gasteiger partial charge < -0.3 is 10.6 Å². The first-order valence-corrected chi connectivity index (χ1v) is 8.29. The summed E-state index contributed by atoms with van der Waals surface area (Å²) in [5, 5.41) is 6.31. The van der Waals surface area contributed by atoms with Gasteiger partial charge in [0.2, 0.25) is 5.91 Å². The lowest BCUT2D eigenvalue weighted by Crippen LogP contribution is -2.42. The van der Waals surface area contributed by atoms with Crippen LogP contribution in [0.1, 0.15) is 39.3 Å². The minimum absolute atomic E-state index is 0.0255. The monoisotopic (exact) mass is 353 g/mol. The molecule has 0 aliphatic carbocycles. The molecular weight excluding hydrogens is 330 g/mol. The highest BCUT2D eigenvalue weighted by atomic mass is 79.9. The number of halogens is 1. The van der Waals surface area contributed by atoms with Crippen LogP contribution < -0.4 is 10.6 Å². The maximum absolute atomic E-state index is 12.1. The summed E-state index contributed by atoms with van der Waals surface area (Å²) in [6.07, 6.45) is 0. The Bertz CT molecular complexity index is 508. The number of anilines is 1. The van der Waals surface area contributed by atoms with Gasteiger partial charge in [-0.3, -0.25) is 9.69 Å². The van der Waals surface area contributed by atoms with Gasteiger partial charge >= 0.3 is 0 Å². The lowest BCUT2D eigenvalue weighted by Gasteiger charge is -2.30. The number of carbonyl (C=O) groups is 1. The van der Waals surface area contributed by atoms with E-state index in [9.17, 15) is 4.79 Å². The van der Waals surface area contributed by atoms with E-state index in [1.807, 2.05) is 18.2 Å². The normalized spacial score (nSPS) is 17.7. The third-order valence-corrected chi connectivity index (χ3v) is 4.60. The Morgan fingerprint density at radius 1 is 1.29 bits per heavy atom. The van der Waals surface area contributed by atoms with E-state index in [-0.39, 0.29) is 11.9 Å². The molecule has 0 aromatic heterocycles. The van der Waals surface area contributed by atoms with Crippen LogP contribution in [0.5, 0.6) is 0 Å². The lowest BCUT2D eigenvalue weighted by atomic mass is 10.1. The Balaban J connectivity index is 2.00. The van der Waals surface area contributed by atoms with Gasteiger partial charge in [0.25, 0.3) is 0 Å². The van der Waals surface area contributed by atoms with Gasteiger partial charge in [-0.2, -0.15) is 0 Å². The maximum atomic E-state index is 12.1. The minimum atomic E-state index is -0.267. The summed E-state index contributed by atoms with van der Waals surface area (Å²) >= 11 is 3.54. The molecule has 0 saturated heterocycles. The fourth-order valence-corrected chi connectivity index (χ4v) is 3.52. The van der Waals surface area contributed by atoms with E-state index in [4.69, 9.17) is 0 Å². The van der Waals surface area contributed by atoms with Crippen molar-refractivity contribution >= 4 is 27.5 Å². The van der Waals surface area contributed by atoms with E-state index in [0.717, 1.165) is 28.8 Å². The largest absolute Gasteiger partial charge is 0.324 e. The minimum Gasteiger partial charge on any atom is -0.324 e. The molecule has 1 aliphatic rings. The zero-order valence-electron chi connectivity index (χ0n) is 13.1. The van der Waals surface area contributed by atoms with Gasteiger partial charge in [-0.25, -0.2) is 0 Å². The molecule has 2 rings (SSSR count). The highest BCUT2D eigenvalue weighted by molar-refractivity contribution is 9.10. The first-order chi connectivity index (χ1) is 9.91. The lowest BCUT2D eigenvalue weighted by molar-refractivity contribution is -0.117. The molecule has 0 saturated carbocycles. The van der Waals surface area contributed by atoms with Crippen LogP contribution in [-0.2, 0) is 4.79 Å². The average molecular weight is 354 g/mol. The molecule has 1 aromatic carbocycles. The number of hydrogen-bond acceptors (Lipinski definition) is 3. The molecule has 116 valence electrons. The molecule has 1 heterocycles. The van der Waals surface area contributed by atoms with Crippen molar-refractivity contribution in [1.82, 2.24) is 10.2 Å². The van der Waals surface area contributed by atoms with Gasteiger partial charge in [0, 0.05) is 40.9 Å². The molecule has 4 nitrogen and oxygen atoms in total.